The normalized spacial score (nSPS) is 10.8. The number of rotatable bonds is 15. The summed E-state index contributed by atoms with van der Waals surface area (Å²) in [5.41, 5.74) is 0.190. The van der Waals surface area contributed by atoms with Crippen molar-refractivity contribution in [3.8, 4) is 11.5 Å². The zero-order chi connectivity index (χ0) is 25.8. The summed E-state index contributed by atoms with van der Waals surface area (Å²) in [4.78, 5) is 35.2. The first-order valence-corrected chi connectivity index (χ1v) is 12.4. The number of hydrogen-bond donors (Lipinski definition) is 1. The molecule has 0 unspecified atom stereocenters. The lowest BCUT2D eigenvalue weighted by Gasteiger charge is -2.10. The van der Waals surface area contributed by atoms with Crippen molar-refractivity contribution in [3.05, 3.63) is 70.1 Å². The summed E-state index contributed by atoms with van der Waals surface area (Å²) in [7, 11) is 0. The summed E-state index contributed by atoms with van der Waals surface area (Å²) in [6.45, 7) is 1.12. The fraction of sp³-hybridized carbons (Fsp3) is 0.370. The van der Waals surface area contributed by atoms with Crippen molar-refractivity contribution in [2.24, 2.45) is 0 Å². The van der Waals surface area contributed by atoms with E-state index in [0.29, 0.717) is 42.6 Å². The second-order valence-corrected chi connectivity index (χ2v) is 8.53. The number of ether oxygens (including phenoxy) is 3. The molecule has 1 N–H and O–H groups in total. The summed E-state index contributed by atoms with van der Waals surface area (Å²) in [5, 5.41) is 10.2. The highest BCUT2D eigenvalue weighted by molar-refractivity contribution is 6.17. The lowest BCUT2D eigenvalue weighted by atomic mass is 10.1. The Morgan fingerprint density at radius 1 is 0.778 bits per heavy atom. The zero-order valence-corrected chi connectivity index (χ0v) is 20.6. The van der Waals surface area contributed by atoms with Crippen LogP contribution in [-0.4, -0.2) is 42.7 Å². The van der Waals surface area contributed by atoms with Crippen LogP contribution in [0.4, 0.5) is 0 Å². The number of unbranched alkanes of at least 4 members (excludes halogenated alkanes) is 4. The van der Waals surface area contributed by atoms with E-state index >= 15 is 0 Å². The van der Waals surface area contributed by atoms with Gasteiger partial charge in [0.25, 0.3) is 0 Å². The highest BCUT2D eigenvalue weighted by atomic mass is 35.5. The molecule has 36 heavy (non-hydrogen) atoms. The van der Waals surface area contributed by atoms with E-state index in [9.17, 15) is 19.5 Å². The van der Waals surface area contributed by atoms with Gasteiger partial charge in [0.15, 0.2) is 0 Å². The van der Waals surface area contributed by atoms with Gasteiger partial charge >= 0.3 is 17.6 Å². The quantitative estimate of drug-likeness (QED) is 0.119. The van der Waals surface area contributed by atoms with Gasteiger partial charge in [-0.15, -0.1) is 11.6 Å². The molecule has 0 aliphatic rings. The first-order chi connectivity index (χ1) is 17.5. The average molecular weight is 517 g/mol. The molecule has 0 saturated carbocycles. The number of halogens is 1. The highest BCUT2D eigenvalue weighted by Gasteiger charge is 2.14. The largest absolute Gasteiger partial charge is 0.494 e. The van der Waals surface area contributed by atoms with Gasteiger partial charge < -0.3 is 23.7 Å². The van der Waals surface area contributed by atoms with Crippen molar-refractivity contribution in [1.82, 2.24) is 0 Å². The van der Waals surface area contributed by atoms with E-state index in [-0.39, 0.29) is 17.7 Å². The Balaban J connectivity index is 1.36. The minimum atomic E-state index is -1.15. The minimum absolute atomic E-state index is 0.0367. The fourth-order valence-electron chi connectivity index (χ4n) is 3.44. The van der Waals surface area contributed by atoms with Crippen LogP contribution >= 0.6 is 11.6 Å². The molecule has 0 fully saturated rings. The maximum atomic E-state index is 12.4. The molecule has 1 heterocycles. The van der Waals surface area contributed by atoms with E-state index in [2.05, 4.69) is 0 Å². The fourth-order valence-corrected chi connectivity index (χ4v) is 3.63. The van der Waals surface area contributed by atoms with Gasteiger partial charge in [0.2, 0.25) is 0 Å². The molecule has 0 spiro atoms. The summed E-state index contributed by atoms with van der Waals surface area (Å²) >= 11 is 5.65. The van der Waals surface area contributed by atoms with E-state index in [4.69, 9.17) is 30.2 Å². The SMILES string of the molecule is O=C(O)c1cc(OCCCCCl)cc(C(=O)OCCCCCCOc2ccc3ccc(=O)oc3c2)c1. The third-order valence-electron chi connectivity index (χ3n) is 5.32. The number of aromatic carboxylic acids is 1. The third-order valence-corrected chi connectivity index (χ3v) is 5.59. The molecule has 1 aromatic heterocycles. The van der Waals surface area contributed by atoms with Gasteiger partial charge in [-0.05, 0) is 74.9 Å². The topological polar surface area (TPSA) is 112 Å². The highest BCUT2D eigenvalue weighted by Crippen LogP contribution is 2.21. The Morgan fingerprint density at radius 2 is 1.44 bits per heavy atom. The molecule has 192 valence electrons. The van der Waals surface area contributed by atoms with Crippen LogP contribution in [0.3, 0.4) is 0 Å². The monoisotopic (exact) mass is 516 g/mol. The van der Waals surface area contributed by atoms with E-state index in [1.54, 1.807) is 12.1 Å². The van der Waals surface area contributed by atoms with Crippen molar-refractivity contribution in [1.29, 1.82) is 0 Å². The van der Waals surface area contributed by atoms with Crippen molar-refractivity contribution < 1.29 is 33.3 Å². The Hall–Kier alpha value is -3.52. The number of carboxylic acids is 1. The average Bonchev–Trinajstić information content (AvgIpc) is 2.87. The Bertz CT molecular complexity index is 1220. The molecule has 0 radical (unpaired) electrons. The number of carbonyl (C=O) groups is 2. The number of carboxylic acid groups (broad SMARTS) is 1. The zero-order valence-electron chi connectivity index (χ0n) is 19.9. The van der Waals surface area contributed by atoms with Crippen LogP contribution in [-0.2, 0) is 4.74 Å². The number of fused-ring (bicyclic) bond motifs is 1. The van der Waals surface area contributed by atoms with Gasteiger partial charge in [-0.1, -0.05) is 0 Å². The summed E-state index contributed by atoms with van der Waals surface area (Å²) in [5.74, 6) is -0.267. The maximum absolute atomic E-state index is 12.4. The van der Waals surface area contributed by atoms with Gasteiger partial charge in [-0.25, -0.2) is 14.4 Å². The third kappa shape index (κ3) is 8.61. The van der Waals surface area contributed by atoms with Gasteiger partial charge in [0, 0.05) is 23.4 Å². The molecule has 0 aliphatic carbocycles. The standard InChI is InChI=1S/C27H29ClO8/c28-11-3-6-13-34-23-16-20(26(30)31)15-21(17-23)27(32)35-14-5-2-1-4-12-33-22-9-7-19-8-10-25(29)36-24(19)18-22/h7-10,15-18H,1-6,11-14H2,(H,30,31). The second kappa shape index (κ2) is 14.1. The molecule has 0 bridgehead atoms. The maximum Gasteiger partial charge on any atom is 0.338 e. The second-order valence-electron chi connectivity index (χ2n) is 8.15. The molecule has 2 aromatic carbocycles. The molecule has 0 aliphatic heterocycles. The van der Waals surface area contributed by atoms with Crippen LogP contribution in [0.2, 0.25) is 0 Å². The minimum Gasteiger partial charge on any atom is -0.494 e. The molecule has 0 saturated heterocycles. The van der Waals surface area contributed by atoms with Crippen LogP contribution < -0.4 is 15.1 Å². The van der Waals surface area contributed by atoms with E-state index in [0.717, 1.165) is 37.5 Å². The molecular formula is C27H29ClO8. The Labute approximate surface area is 213 Å². The van der Waals surface area contributed by atoms with Crippen molar-refractivity contribution >= 4 is 34.5 Å². The van der Waals surface area contributed by atoms with Crippen LogP contribution in [0.15, 0.2) is 57.7 Å². The Kier molecular flexibility index (Phi) is 10.6. The first-order valence-electron chi connectivity index (χ1n) is 11.9. The first kappa shape index (κ1) is 27.1. The number of alkyl halides is 1. The number of hydrogen-bond acceptors (Lipinski definition) is 7. The van der Waals surface area contributed by atoms with Crippen LogP contribution in [0.1, 0.15) is 59.2 Å². The van der Waals surface area contributed by atoms with Crippen LogP contribution in [0.25, 0.3) is 11.0 Å². The lowest BCUT2D eigenvalue weighted by Crippen LogP contribution is -2.09. The van der Waals surface area contributed by atoms with Gasteiger partial charge in [-0.2, -0.15) is 0 Å². The number of benzene rings is 2. The van der Waals surface area contributed by atoms with E-state index < -0.39 is 17.6 Å². The molecular weight excluding hydrogens is 488 g/mol. The number of carbonyl (C=O) groups excluding carboxylic acids is 1. The van der Waals surface area contributed by atoms with Crippen LogP contribution in [0, 0.1) is 0 Å². The summed E-state index contributed by atoms with van der Waals surface area (Å²) < 4.78 is 21.8. The molecule has 0 atom stereocenters. The van der Waals surface area contributed by atoms with Gasteiger partial charge in [0.1, 0.15) is 17.1 Å². The van der Waals surface area contributed by atoms with Crippen molar-refractivity contribution in [2.75, 3.05) is 25.7 Å². The molecule has 8 nitrogen and oxygen atoms in total. The summed E-state index contributed by atoms with van der Waals surface area (Å²) in [6, 6.07) is 12.6. The van der Waals surface area contributed by atoms with Crippen molar-refractivity contribution in [2.45, 2.75) is 38.5 Å². The van der Waals surface area contributed by atoms with E-state index in [1.165, 1.54) is 24.3 Å². The molecule has 0 amide bonds. The van der Waals surface area contributed by atoms with E-state index in [1.807, 2.05) is 12.1 Å². The smallest absolute Gasteiger partial charge is 0.338 e. The lowest BCUT2D eigenvalue weighted by molar-refractivity contribution is 0.0496. The summed E-state index contributed by atoms with van der Waals surface area (Å²) in [6.07, 6.45) is 4.72. The predicted octanol–water partition coefficient (Wildman–Crippen LogP) is 5.69. The van der Waals surface area contributed by atoms with Gasteiger partial charge in [0.05, 0.1) is 30.9 Å². The Morgan fingerprint density at radius 3 is 2.19 bits per heavy atom. The van der Waals surface area contributed by atoms with Crippen molar-refractivity contribution in [3.63, 3.8) is 0 Å². The predicted molar refractivity (Wildman–Crippen MR) is 136 cm³/mol. The van der Waals surface area contributed by atoms with Crippen LogP contribution in [0.5, 0.6) is 11.5 Å². The molecule has 3 aromatic rings. The van der Waals surface area contributed by atoms with Gasteiger partial charge in [-0.3, -0.25) is 0 Å². The number of esters is 1. The molecule has 3 rings (SSSR count). The molecule has 9 heteroatoms.